The van der Waals surface area contributed by atoms with E-state index in [0.29, 0.717) is 24.5 Å². The molecular weight excluding hydrogens is 356 g/mol. The maximum atomic E-state index is 11.7. The van der Waals surface area contributed by atoms with E-state index in [1.54, 1.807) is 0 Å². The van der Waals surface area contributed by atoms with Crippen LogP contribution in [0.4, 0.5) is 4.79 Å². The van der Waals surface area contributed by atoms with Crippen LogP contribution in [0, 0.1) is 0 Å². The highest BCUT2D eigenvalue weighted by molar-refractivity contribution is 6.30. The SMILES string of the molecule is NC(=O)C1(CCc2ccc(OCc3ccc(Cl)cc3)cc2)COC(=O)N1. The predicted molar refractivity (Wildman–Crippen MR) is 97.0 cm³/mol. The smallest absolute Gasteiger partial charge is 0.408 e. The Bertz CT molecular complexity index is 792. The van der Waals surface area contributed by atoms with Crippen LogP contribution in [0.3, 0.4) is 0 Å². The second kappa shape index (κ2) is 7.66. The van der Waals surface area contributed by atoms with Gasteiger partial charge in [-0.05, 0) is 48.2 Å². The fourth-order valence-electron chi connectivity index (χ4n) is 2.70. The number of alkyl carbamates (subject to hydrolysis) is 1. The summed E-state index contributed by atoms with van der Waals surface area (Å²) in [6.45, 7) is 0.411. The van der Waals surface area contributed by atoms with Crippen molar-refractivity contribution in [1.29, 1.82) is 0 Å². The number of nitrogens with one attached hydrogen (secondary N) is 1. The first kappa shape index (κ1) is 18.1. The van der Waals surface area contributed by atoms with E-state index in [1.165, 1.54) is 0 Å². The topological polar surface area (TPSA) is 90.7 Å². The summed E-state index contributed by atoms with van der Waals surface area (Å²) in [6.07, 6.45) is 0.332. The highest BCUT2D eigenvalue weighted by Crippen LogP contribution is 2.22. The molecule has 3 N–H and O–H groups in total. The van der Waals surface area contributed by atoms with Crippen molar-refractivity contribution < 1.29 is 19.1 Å². The molecule has 1 aliphatic rings. The molecule has 6 nitrogen and oxygen atoms in total. The molecule has 0 saturated carbocycles. The predicted octanol–water partition coefficient (Wildman–Crippen LogP) is 2.82. The first-order valence-corrected chi connectivity index (χ1v) is 8.56. The van der Waals surface area contributed by atoms with Crippen LogP contribution in [0.15, 0.2) is 48.5 Å². The molecule has 7 heteroatoms. The van der Waals surface area contributed by atoms with Crippen LogP contribution in [-0.4, -0.2) is 24.1 Å². The van der Waals surface area contributed by atoms with Crippen LogP contribution < -0.4 is 15.8 Å². The quantitative estimate of drug-likeness (QED) is 0.779. The third-order valence-electron chi connectivity index (χ3n) is 4.35. The molecule has 136 valence electrons. The Labute approximate surface area is 156 Å². The number of rotatable bonds is 7. The number of nitrogens with two attached hydrogens (primary N) is 1. The summed E-state index contributed by atoms with van der Waals surface area (Å²) in [7, 11) is 0. The van der Waals surface area contributed by atoms with Crippen LogP contribution >= 0.6 is 11.6 Å². The van der Waals surface area contributed by atoms with Crippen LogP contribution in [0.2, 0.25) is 5.02 Å². The molecule has 1 unspecified atom stereocenters. The van der Waals surface area contributed by atoms with Gasteiger partial charge in [-0.2, -0.15) is 0 Å². The van der Waals surface area contributed by atoms with E-state index < -0.39 is 17.5 Å². The summed E-state index contributed by atoms with van der Waals surface area (Å²) in [5, 5.41) is 3.21. The Balaban J connectivity index is 1.55. The lowest BCUT2D eigenvalue weighted by Crippen LogP contribution is -2.54. The Morgan fingerprint density at radius 2 is 1.81 bits per heavy atom. The Morgan fingerprint density at radius 1 is 1.15 bits per heavy atom. The van der Waals surface area contributed by atoms with Gasteiger partial charge in [0.15, 0.2) is 5.54 Å². The van der Waals surface area contributed by atoms with Gasteiger partial charge in [0.1, 0.15) is 19.0 Å². The molecule has 2 aromatic rings. The standard InChI is InChI=1S/C19H19ClN2O4/c20-15-5-1-14(2-6-15)11-25-16-7-3-13(4-8-16)9-10-19(17(21)23)12-26-18(24)22-19/h1-8H,9-12H2,(H2,21,23)(H,22,24). The second-order valence-corrected chi connectivity index (χ2v) is 6.64. The molecule has 0 bridgehead atoms. The summed E-state index contributed by atoms with van der Waals surface area (Å²) < 4.78 is 10.6. The summed E-state index contributed by atoms with van der Waals surface area (Å²) >= 11 is 5.86. The first-order chi connectivity index (χ1) is 12.5. The van der Waals surface area contributed by atoms with Gasteiger partial charge in [0, 0.05) is 5.02 Å². The van der Waals surface area contributed by atoms with E-state index in [1.807, 2.05) is 48.5 Å². The van der Waals surface area contributed by atoms with Gasteiger partial charge in [0.05, 0.1) is 0 Å². The number of ether oxygens (including phenoxy) is 2. The molecule has 0 spiro atoms. The molecular formula is C19H19ClN2O4. The number of aryl methyl sites for hydroxylation is 1. The lowest BCUT2D eigenvalue weighted by molar-refractivity contribution is -0.124. The molecule has 1 aliphatic heterocycles. The number of carbonyl (C=O) groups is 2. The molecule has 0 radical (unpaired) electrons. The van der Waals surface area contributed by atoms with Gasteiger partial charge in [0.2, 0.25) is 5.91 Å². The van der Waals surface area contributed by atoms with E-state index in [9.17, 15) is 9.59 Å². The fraction of sp³-hybridized carbons (Fsp3) is 0.263. The van der Waals surface area contributed by atoms with Gasteiger partial charge < -0.3 is 20.5 Å². The Morgan fingerprint density at radius 3 is 2.38 bits per heavy atom. The third-order valence-corrected chi connectivity index (χ3v) is 4.60. The minimum absolute atomic E-state index is 0.0382. The average molecular weight is 375 g/mol. The molecule has 2 aromatic carbocycles. The molecule has 2 amide bonds. The zero-order chi connectivity index (χ0) is 18.6. The monoisotopic (exact) mass is 374 g/mol. The summed E-state index contributed by atoms with van der Waals surface area (Å²) in [4.78, 5) is 22.9. The van der Waals surface area contributed by atoms with E-state index in [-0.39, 0.29) is 6.61 Å². The van der Waals surface area contributed by atoms with Crippen molar-refractivity contribution in [2.24, 2.45) is 5.73 Å². The fourth-order valence-corrected chi connectivity index (χ4v) is 2.83. The molecule has 3 rings (SSSR count). The highest BCUT2D eigenvalue weighted by Gasteiger charge is 2.44. The van der Waals surface area contributed by atoms with Crippen molar-refractivity contribution in [3.63, 3.8) is 0 Å². The highest BCUT2D eigenvalue weighted by atomic mass is 35.5. The van der Waals surface area contributed by atoms with Crippen LogP contribution in [0.1, 0.15) is 17.5 Å². The minimum atomic E-state index is -1.14. The number of benzene rings is 2. The summed E-state index contributed by atoms with van der Waals surface area (Å²) in [5.41, 5.74) is 6.32. The van der Waals surface area contributed by atoms with E-state index in [2.05, 4.69) is 5.32 Å². The molecule has 1 heterocycles. The lowest BCUT2D eigenvalue weighted by atomic mass is 9.92. The zero-order valence-electron chi connectivity index (χ0n) is 14.0. The number of cyclic esters (lactones) is 1. The number of amides is 2. The maximum absolute atomic E-state index is 11.7. The van der Waals surface area contributed by atoms with Crippen LogP contribution in [0.25, 0.3) is 0 Å². The summed E-state index contributed by atoms with van der Waals surface area (Å²) in [6, 6.07) is 15.0. The molecule has 1 fully saturated rings. The van der Waals surface area contributed by atoms with Crippen molar-refractivity contribution in [3.05, 3.63) is 64.7 Å². The number of hydrogen-bond donors (Lipinski definition) is 2. The Kier molecular flexibility index (Phi) is 5.32. The maximum Gasteiger partial charge on any atom is 0.408 e. The van der Waals surface area contributed by atoms with Gasteiger partial charge in [0.25, 0.3) is 0 Å². The largest absolute Gasteiger partial charge is 0.489 e. The minimum Gasteiger partial charge on any atom is -0.489 e. The van der Waals surface area contributed by atoms with Crippen LogP contribution in [0.5, 0.6) is 5.75 Å². The average Bonchev–Trinajstić information content (AvgIpc) is 3.03. The second-order valence-electron chi connectivity index (χ2n) is 6.21. The van der Waals surface area contributed by atoms with Gasteiger partial charge in [-0.25, -0.2) is 4.79 Å². The molecule has 26 heavy (non-hydrogen) atoms. The normalized spacial score (nSPS) is 18.9. The van der Waals surface area contributed by atoms with Gasteiger partial charge in [-0.1, -0.05) is 35.9 Å². The van der Waals surface area contributed by atoms with Crippen molar-refractivity contribution in [1.82, 2.24) is 5.32 Å². The van der Waals surface area contributed by atoms with E-state index >= 15 is 0 Å². The Hall–Kier alpha value is -2.73. The number of hydrogen-bond acceptors (Lipinski definition) is 4. The number of primary amides is 1. The number of halogens is 1. The number of carbonyl (C=O) groups excluding carboxylic acids is 2. The van der Waals surface area contributed by atoms with Crippen molar-refractivity contribution >= 4 is 23.6 Å². The van der Waals surface area contributed by atoms with Gasteiger partial charge in [-0.3, -0.25) is 4.79 Å². The van der Waals surface area contributed by atoms with E-state index in [4.69, 9.17) is 26.8 Å². The summed E-state index contributed by atoms with van der Waals surface area (Å²) in [5.74, 6) is 0.150. The molecule has 1 saturated heterocycles. The van der Waals surface area contributed by atoms with Crippen molar-refractivity contribution in [2.45, 2.75) is 25.0 Å². The van der Waals surface area contributed by atoms with Crippen molar-refractivity contribution in [3.8, 4) is 5.75 Å². The van der Waals surface area contributed by atoms with Gasteiger partial charge in [-0.15, -0.1) is 0 Å². The van der Waals surface area contributed by atoms with Gasteiger partial charge >= 0.3 is 6.09 Å². The van der Waals surface area contributed by atoms with Crippen LogP contribution in [-0.2, 0) is 22.6 Å². The van der Waals surface area contributed by atoms with Crippen molar-refractivity contribution in [2.75, 3.05) is 6.61 Å². The molecule has 0 aromatic heterocycles. The molecule has 1 atom stereocenters. The third kappa shape index (κ3) is 4.26. The van der Waals surface area contributed by atoms with E-state index in [0.717, 1.165) is 16.9 Å². The zero-order valence-corrected chi connectivity index (χ0v) is 14.8. The first-order valence-electron chi connectivity index (χ1n) is 8.18. The molecule has 0 aliphatic carbocycles. The lowest BCUT2D eigenvalue weighted by Gasteiger charge is -2.22.